The summed E-state index contributed by atoms with van der Waals surface area (Å²) in [7, 11) is 1.73. The molecule has 1 saturated carbocycles. The standard InChI is InChI=1S/C18H28N2O/c1-21-15-8-6-7-14(13-15)20-18-11-3-2-9-16(18)17-10-4-5-12-19-17/h6-8,13,16-20H,2-5,9-12H2,1H3. The largest absolute Gasteiger partial charge is 0.497 e. The third kappa shape index (κ3) is 3.70. The Morgan fingerprint density at radius 1 is 1.10 bits per heavy atom. The molecule has 3 atom stereocenters. The molecule has 0 bridgehead atoms. The van der Waals surface area contributed by atoms with Crippen molar-refractivity contribution < 1.29 is 4.74 Å². The van der Waals surface area contributed by atoms with Crippen molar-refractivity contribution in [3.63, 3.8) is 0 Å². The van der Waals surface area contributed by atoms with E-state index in [9.17, 15) is 0 Å². The molecule has 0 aromatic heterocycles. The van der Waals surface area contributed by atoms with Crippen molar-refractivity contribution in [1.82, 2.24) is 5.32 Å². The second kappa shape index (κ2) is 7.17. The number of methoxy groups -OCH3 is 1. The average Bonchev–Trinajstić information content (AvgIpc) is 2.56. The van der Waals surface area contributed by atoms with Crippen LogP contribution in [0.2, 0.25) is 0 Å². The number of anilines is 1. The van der Waals surface area contributed by atoms with Crippen LogP contribution in [0, 0.1) is 5.92 Å². The Labute approximate surface area is 128 Å². The summed E-state index contributed by atoms with van der Waals surface area (Å²) in [5, 5.41) is 7.55. The molecule has 21 heavy (non-hydrogen) atoms. The van der Waals surface area contributed by atoms with Crippen molar-refractivity contribution in [3.05, 3.63) is 24.3 Å². The summed E-state index contributed by atoms with van der Waals surface area (Å²) in [4.78, 5) is 0. The van der Waals surface area contributed by atoms with Gasteiger partial charge >= 0.3 is 0 Å². The molecular weight excluding hydrogens is 260 g/mol. The summed E-state index contributed by atoms with van der Waals surface area (Å²) in [6.07, 6.45) is 9.47. The number of ether oxygens (including phenoxy) is 1. The van der Waals surface area contributed by atoms with Gasteiger partial charge in [-0.3, -0.25) is 0 Å². The summed E-state index contributed by atoms with van der Waals surface area (Å²) in [5.41, 5.74) is 1.20. The Bertz CT molecular complexity index is 443. The molecule has 1 aromatic rings. The molecule has 116 valence electrons. The molecule has 1 heterocycles. The van der Waals surface area contributed by atoms with Crippen LogP contribution in [0.5, 0.6) is 5.75 Å². The van der Waals surface area contributed by atoms with Crippen molar-refractivity contribution in [2.45, 2.75) is 57.0 Å². The molecule has 1 aliphatic carbocycles. The lowest BCUT2D eigenvalue weighted by Gasteiger charge is -2.40. The molecule has 3 nitrogen and oxygen atoms in total. The van der Waals surface area contributed by atoms with Crippen LogP contribution in [0.4, 0.5) is 5.69 Å². The molecule has 3 unspecified atom stereocenters. The van der Waals surface area contributed by atoms with E-state index in [2.05, 4.69) is 28.8 Å². The number of rotatable bonds is 4. The number of hydrogen-bond acceptors (Lipinski definition) is 3. The molecule has 1 aliphatic heterocycles. The Kier molecular flexibility index (Phi) is 5.02. The third-order valence-corrected chi connectivity index (χ3v) is 5.11. The van der Waals surface area contributed by atoms with Gasteiger partial charge in [0, 0.05) is 23.8 Å². The monoisotopic (exact) mass is 288 g/mol. The van der Waals surface area contributed by atoms with Gasteiger partial charge in [-0.05, 0) is 50.3 Å². The van der Waals surface area contributed by atoms with E-state index in [0.717, 1.165) is 11.7 Å². The van der Waals surface area contributed by atoms with E-state index in [1.54, 1.807) is 7.11 Å². The van der Waals surface area contributed by atoms with Gasteiger partial charge in [0.25, 0.3) is 0 Å². The van der Waals surface area contributed by atoms with Crippen molar-refractivity contribution in [2.24, 2.45) is 5.92 Å². The fourth-order valence-electron chi connectivity index (χ4n) is 3.99. The van der Waals surface area contributed by atoms with E-state index in [-0.39, 0.29) is 0 Å². The summed E-state index contributed by atoms with van der Waals surface area (Å²) < 4.78 is 5.33. The molecule has 0 spiro atoms. The first-order valence-electron chi connectivity index (χ1n) is 8.51. The predicted molar refractivity (Wildman–Crippen MR) is 88.0 cm³/mol. The Hall–Kier alpha value is -1.22. The minimum Gasteiger partial charge on any atom is -0.497 e. The third-order valence-electron chi connectivity index (χ3n) is 5.11. The second-order valence-corrected chi connectivity index (χ2v) is 6.49. The predicted octanol–water partition coefficient (Wildman–Crippen LogP) is 3.81. The molecule has 3 rings (SSSR count). The van der Waals surface area contributed by atoms with Crippen molar-refractivity contribution in [3.8, 4) is 5.75 Å². The fourth-order valence-corrected chi connectivity index (χ4v) is 3.99. The molecular formula is C18H28N2O. The average molecular weight is 288 g/mol. The second-order valence-electron chi connectivity index (χ2n) is 6.49. The van der Waals surface area contributed by atoms with Gasteiger partial charge in [-0.1, -0.05) is 25.3 Å². The molecule has 1 aromatic carbocycles. The van der Waals surface area contributed by atoms with Crippen molar-refractivity contribution in [2.75, 3.05) is 19.0 Å². The lowest BCUT2D eigenvalue weighted by Crippen LogP contribution is -2.48. The van der Waals surface area contributed by atoms with Crippen molar-refractivity contribution >= 4 is 5.69 Å². The van der Waals surface area contributed by atoms with Crippen LogP contribution in [0.1, 0.15) is 44.9 Å². The number of piperidine rings is 1. The van der Waals surface area contributed by atoms with Gasteiger partial charge in [-0.25, -0.2) is 0 Å². The van der Waals surface area contributed by atoms with Gasteiger partial charge in [0.1, 0.15) is 5.75 Å². The van der Waals surface area contributed by atoms with E-state index in [4.69, 9.17) is 4.74 Å². The van der Waals surface area contributed by atoms with E-state index in [0.29, 0.717) is 12.1 Å². The van der Waals surface area contributed by atoms with E-state index in [1.807, 2.05) is 6.07 Å². The normalized spacial score (nSPS) is 29.9. The highest BCUT2D eigenvalue weighted by Gasteiger charge is 2.32. The summed E-state index contributed by atoms with van der Waals surface area (Å²) in [5.74, 6) is 1.70. The Balaban J connectivity index is 1.68. The van der Waals surface area contributed by atoms with Crippen molar-refractivity contribution in [1.29, 1.82) is 0 Å². The van der Waals surface area contributed by atoms with Crippen LogP contribution in [-0.2, 0) is 0 Å². The zero-order valence-electron chi connectivity index (χ0n) is 13.1. The van der Waals surface area contributed by atoms with E-state index >= 15 is 0 Å². The summed E-state index contributed by atoms with van der Waals surface area (Å²) >= 11 is 0. The van der Waals surface area contributed by atoms with Crippen LogP contribution in [0.3, 0.4) is 0 Å². The molecule has 2 N–H and O–H groups in total. The molecule has 0 radical (unpaired) electrons. The van der Waals surface area contributed by atoms with Gasteiger partial charge < -0.3 is 15.4 Å². The molecule has 0 amide bonds. The molecule has 3 heteroatoms. The Morgan fingerprint density at radius 3 is 2.76 bits per heavy atom. The zero-order valence-corrected chi connectivity index (χ0v) is 13.1. The number of hydrogen-bond donors (Lipinski definition) is 2. The van der Waals surface area contributed by atoms with Crippen LogP contribution < -0.4 is 15.4 Å². The maximum Gasteiger partial charge on any atom is 0.120 e. The zero-order chi connectivity index (χ0) is 14.5. The van der Waals surface area contributed by atoms with Gasteiger partial charge in [0.2, 0.25) is 0 Å². The van der Waals surface area contributed by atoms with Gasteiger partial charge in [-0.2, -0.15) is 0 Å². The van der Waals surface area contributed by atoms with E-state index < -0.39 is 0 Å². The highest BCUT2D eigenvalue weighted by atomic mass is 16.5. The fraction of sp³-hybridized carbons (Fsp3) is 0.667. The van der Waals surface area contributed by atoms with Crippen LogP contribution >= 0.6 is 0 Å². The van der Waals surface area contributed by atoms with Crippen LogP contribution in [0.15, 0.2) is 24.3 Å². The minimum atomic E-state index is 0.599. The van der Waals surface area contributed by atoms with Gasteiger partial charge in [0.05, 0.1) is 7.11 Å². The lowest BCUT2D eigenvalue weighted by atomic mass is 9.77. The maximum absolute atomic E-state index is 5.33. The molecule has 2 fully saturated rings. The minimum absolute atomic E-state index is 0.599. The highest BCUT2D eigenvalue weighted by Crippen LogP contribution is 2.33. The molecule has 2 aliphatic rings. The summed E-state index contributed by atoms with van der Waals surface area (Å²) in [6, 6.07) is 9.65. The quantitative estimate of drug-likeness (QED) is 0.884. The van der Waals surface area contributed by atoms with E-state index in [1.165, 1.54) is 57.2 Å². The first-order valence-corrected chi connectivity index (χ1v) is 8.51. The van der Waals surface area contributed by atoms with Gasteiger partial charge in [0.15, 0.2) is 0 Å². The van der Waals surface area contributed by atoms with Crippen LogP contribution in [-0.4, -0.2) is 25.7 Å². The summed E-state index contributed by atoms with van der Waals surface area (Å²) in [6.45, 7) is 1.20. The first-order chi connectivity index (χ1) is 10.4. The highest BCUT2D eigenvalue weighted by molar-refractivity contribution is 5.49. The first kappa shape index (κ1) is 14.7. The SMILES string of the molecule is COc1cccc(NC2CCCCC2C2CCCCN2)c1. The van der Waals surface area contributed by atoms with Crippen LogP contribution in [0.25, 0.3) is 0 Å². The molecule has 1 saturated heterocycles. The number of nitrogens with one attached hydrogen (secondary N) is 2. The lowest BCUT2D eigenvalue weighted by molar-refractivity contribution is 0.217. The topological polar surface area (TPSA) is 33.3 Å². The smallest absolute Gasteiger partial charge is 0.120 e. The van der Waals surface area contributed by atoms with Gasteiger partial charge in [-0.15, -0.1) is 0 Å². The number of benzene rings is 1. The Morgan fingerprint density at radius 2 is 1.95 bits per heavy atom. The maximum atomic E-state index is 5.33.